The van der Waals surface area contributed by atoms with E-state index in [0.717, 1.165) is 29.8 Å². The standard InChI is InChI=1S/C13H17N3OS/c1-3-4-14-6-10-5-12(17)16-13(15-10)11-8-18-7-9(11)2/h5,7-8,14H,3-4,6H2,1-2H3,(H,15,16,17). The molecule has 96 valence electrons. The Bertz CT molecular complexity index is 574. The lowest BCUT2D eigenvalue weighted by Gasteiger charge is -2.05. The first-order valence-corrected chi connectivity index (χ1v) is 6.99. The molecule has 2 aromatic heterocycles. The van der Waals surface area contributed by atoms with Crippen LogP contribution in [0.1, 0.15) is 24.6 Å². The predicted molar refractivity (Wildman–Crippen MR) is 74.9 cm³/mol. The van der Waals surface area contributed by atoms with Gasteiger partial charge in [0, 0.05) is 23.6 Å². The molecule has 2 heterocycles. The van der Waals surface area contributed by atoms with E-state index in [2.05, 4.69) is 27.6 Å². The average molecular weight is 263 g/mol. The smallest absolute Gasteiger partial charge is 0.251 e. The molecule has 4 nitrogen and oxygen atoms in total. The van der Waals surface area contributed by atoms with Crippen LogP contribution in [0.25, 0.3) is 11.4 Å². The highest BCUT2D eigenvalue weighted by Crippen LogP contribution is 2.22. The number of H-pyrrole nitrogens is 1. The maximum Gasteiger partial charge on any atom is 0.251 e. The Morgan fingerprint density at radius 1 is 1.44 bits per heavy atom. The van der Waals surface area contributed by atoms with Crippen molar-refractivity contribution >= 4 is 11.3 Å². The maximum atomic E-state index is 11.6. The molecule has 2 aromatic rings. The first-order chi connectivity index (χ1) is 8.70. The number of rotatable bonds is 5. The molecule has 18 heavy (non-hydrogen) atoms. The van der Waals surface area contributed by atoms with Crippen LogP contribution in [0.15, 0.2) is 21.6 Å². The fraction of sp³-hybridized carbons (Fsp3) is 0.385. The highest BCUT2D eigenvalue weighted by atomic mass is 32.1. The Labute approximate surface area is 110 Å². The van der Waals surface area contributed by atoms with Gasteiger partial charge in [-0.3, -0.25) is 4.79 Å². The van der Waals surface area contributed by atoms with Gasteiger partial charge in [0.25, 0.3) is 5.56 Å². The molecule has 0 saturated heterocycles. The van der Waals surface area contributed by atoms with Crippen molar-refractivity contribution in [3.63, 3.8) is 0 Å². The van der Waals surface area contributed by atoms with Gasteiger partial charge < -0.3 is 10.3 Å². The second-order valence-electron chi connectivity index (χ2n) is 4.23. The molecule has 0 unspecified atom stereocenters. The van der Waals surface area contributed by atoms with Crippen molar-refractivity contribution in [3.8, 4) is 11.4 Å². The quantitative estimate of drug-likeness (QED) is 0.814. The molecule has 2 N–H and O–H groups in total. The summed E-state index contributed by atoms with van der Waals surface area (Å²) in [6.07, 6.45) is 1.07. The summed E-state index contributed by atoms with van der Waals surface area (Å²) in [4.78, 5) is 18.9. The van der Waals surface area contributed by atoms with E-state index < -0.39 is 0 Å². The van der Waals surface area contributed by atoms with Crippen LogP contribution in [0.4, 0.5) is 0 Å². The van der Waals surface area contributed by atoms with Crippen molar-refractivity contribution in [2.75, 3.05) is 6.54 Å². The van der Waals surface area contributed by atoms with E-state index in [4.69, 9.17) is 0 Å². The Morgan fingerprint density at radius 3 is 2.94 bits per heavy atom. The fourth-order valence-corrected chi connectivity index (χ4v) is 2.56. The number of hydrogen-bond donors (Lipinski definition) is 2. The van der Waals surface area contributed by atoms with Gasteiger partial charge in [-0.05, 0) is 30.8 Å². The fourth-order valence-electron chi connectivity index (χ4n) is 1.72. The average Bonchev–Trinajstić information content (AvgIpc) is 2.75. The largest absolute Gasteiger partial charge is 0.311 e. The van der Waals surface area contributed by atoms with Crippen molar-refractivity contribution in [3.05, 3.63) is 38.4 Å². The topological polar surface area (TPSA) is 57.8 Å². The SMILES string of the molecule is CCCNCc1cc(=O)[nH]c(-c2cscc2C)n1. The van der Waals surface area contributed by atoms with E-state index in [9.17, 15) is 4.79 Å². The lowest BCUT2D eigenvalue weighted by atomic mass is 10.2. The highest BCUT2D eigenvalue weighted by molar-refractivity contribution is 7.08. The normalized spacial score (nSPS) is 10.8. The van der Waals surface area contributed by atoms with Gasteiger partial charge in [-0.25, -0.2) is 4.98 Å². The molecule has 0 aliphatic heterocycles. The third-order valence-corrected chi connectivity index (χ3v) is 3.50. The molecular weight excluding hydrogens is 246 g/mol. The van der Waals surface area contributed by atoms with E-state index in [-0.39, 0.29) is 5.56 Å². The van der Waals surface area contributed by atoms with Gasteiger partial charge in [0.2, 0.25) is 0 Å². The van der Waals surface area contributed by atoms with Gasteiger partial charge in [-0.15, -0.1) is 0 Å². The number of nitrogens with zero attached hydrogens (tertiary/aromatic N) is 1. The second kappa shape index (κ2) is 5.93. The van der Waals surface area contributed by atoms with Crippen LogP contribution in [0.2, 0.25) is 0 Å². The summed E-state index contributed by atoms with van der Waals surface area (Å²) in [6, 6.07) is 1.55. The minimum atomic E-state index is -0.0982. The molecule has 0 aliphatic carbocycles. The molecule has 2 rings (SSSR count). The molecule has 0 atom stereocenters. The lowest BCUT2D eigenvalue weighted by molar-refractivity contribution is 0.662. The van der Waals surface area contributed by atoms with Gasteiger partial charge in [0.1, 0.15) is 5.82 Å². The number of thiophene rings is 1. The van der Waals surface area contributed by atoms with E-state index in [1.165, 1.54) is 0 Å². The van der Waals surface area contributed by atoms with Gasteiger partial charge in [0.15, 0.2) is 0 Å². The number of aromatic nitrogens is 2. The van der Waals surface area contributed by atoms with Gasteiger partial charge in [0.05, 0.1) is 5.69 Å². The third-order valence-electron chi connectivity index (χ3n) is 2.64. The molecule has 0 amide bonds. The molecule has 5 heteroatoms. The van der Waals surface area contributed by atoms with Crippen molar-refractivity contribution in [2.24, 2.45) is 0 Å². The number of aryl methyl sites for hydroxylation is 1. The molecule has 0 bridgehead atoms. The van der Waals surface area contributed by atoms with E-state index in [0.29, 0.717) is 12.4 Å². The number of nitrogens with one attached hydrogen (secondary N) is 2. The first-order valence-electron chi connectivity index (χ1n) is 6.05. The van der Waals surface area contributed by atoms with E-state index >= 15 is 0 Å². The zero-order chi connectivity index (χ0) is 13.0. The van der Waals surface area contributed by atoms with Gasteiger partial charge in [-0.1, -0.05) is 6.92 Å². The Morgan fingerprint density at radius 2 is 2.28 bits per heavy atom. The van der Waals surface area contributed by atoms with Crippen LogP contribution in [-0.4, -0.2) is 16.5 Å². The number of aromatic amines is 1. The van der Waals surface area contributed by atoms with Crippen LogP contribution in [-0.2, 0) is 6.54 Å². The second-order valence-corrected chi connectivity index (χ2v) is 4.97. The summed E-state index contributed by atoms with van der Waals surface area (Å²) >= 11 is 1.62. The maximum absolute atomic E-state index is 11.6. The zero-order valence-corrected chi connectivity index (χ0v) is 11.4. The molecule has 0 saturated carbocycles. The van der Waals surface area contributed by atoms with Crippen LogP contribution in [0.3, 0.4) is 0 Å². The van der Waals surface area contributed by atoms with Crippen molar-refractivity contribution in [1.82, 2.24) is 15.3 Å². The summed E-state index contributed by atoms with van der Waals surface area (Å²) in [5.41, 5.74) is 2.84. The summed E-state index contributed by atoms with van der Waals surface area (Å²) in [6.45, 7) is 5.70. The zero-order valence-electron chi connectivity index (χ0n) is 10.6. The van der Waals surface area contributed by atoms with Crippen molar-refractivity contribution in [1.29, 1.82) is 0 Å². The minimum Gasteiger partial charge on any atom is -0.311 e. The Hall–Kier alpha value is -1.46. The van der Waals surface area contributed by atoms with Crippen LogP contribution >= 0.6 is 11.3 Å². The van der Waals surface area contributed by atoms with E-state index in [1.807, 2.05) is 12.3 Å². The lowest BCUT2D eigenvalue weighted by Crippen LogP contribution is -2.18. The van der Waals surface area contributed by atoms with Crippen LogP contribution < -0.4 is 10.9 Å². The number of hydrogen-bond acceptors (Lipinski definition) is 4. The Kier molecular flexibility index (Phi) is 4.28. The van der Waals surface area contributed by atoms with Crippen molar-refractivity contribution < 1.29 is 0 Å². The molecular formula is C13H17N3OS. The summed E-state index contributed by atoms with van der Waals surface area (Å²) in [5, 5.41) is 7.32. The first kappa shape index (κ1) is 13.0. The minimum absolute atomic E-state index is 0.0982. The monoisotopic (exact) mass is 263 g/mol. The van der Waals surface area contributed by atoms with Gasteiger partial charge >= 0.3 is 0 Å². The van der Waals surface area contributed by atoms with Crippen LogP contribution in [0.5, 0.6) is 0 Å². The van der Waals surface area contributed by atoms with Crippen molar-refractivity contribution in [2.45, 2.75) is 26.8 Å². The summed E-state index contributed by atoms with van der Waals surface area (Å²) < 4.78 is 0. The van der Waals surface area contributed by atoms with E-state index in [1.54, 1.807) is 17.4 Å². The van der Waals surface area contributed by atoms with Crippen LogP contribution in [0, 0.1) is 6.92 Å². The predicted octanol–water partition coefficient (Wildman–Crippen LogP) is 2.31. The third kappa shape index (κ3) is 3.05. The molecule has 0 aromatic carbocycles. The van der Waals surface area contributed by atoms with Gasteiger partial charge in [-0.2, -0.15) is 11.3 Å². The summed E-state index contributed by atoms with van der Waals surface area (Å²) in [5.74, 6) is 0.662. The summed E-state index contributed by atoms with van der Waals surface area (Å²) in [7, 11) is 0. The molecule has 0 aliphatic rings. The molecule has 0 spiro atoms. The molecule has 0 radical (unpaired) electrons. The Balaban J connectivity index is 2.27. The molecule has 0 fully saturated rings. The highest BCUT2D eigenvalue weighted by Gasteiger charge is 2.07.